The SMILES string of the molecule is CC(Nc1cnn(CCO)c1)c1ccoc1. The Balaban J connectivity index is 1.98. The van der Waals surface area contributed by atoms with E-state index in [9.17, 15) is 0 Å². The van der Waals surface area contributed by atoms with E-state index in [1.807, 2.05) is 19.2 Å². The first-order chi connectivity index (χ1) is 7.79. The Hall–Kier alpha value is -1.75. The molecule has 0 aliphatic carbocycles. The van der Waals surface area contributed by atoms with Gasteiger partial charge in [-0.1, -0.05) is 0 Å². The molecule has 0 aliphatic heterocycles. The fourth-order valence-electron chi connectivity index (χ4n) is 1.52. The molecule has 0 bridgehead atoms. The Bertz CT molecular complexity index is 422. The van der Waals surface area contributed by atoms with Crippen molar-refractivity contribution >= 4 is 5.69 Å². The Labute approximate surface area is 93.7 Å². The van der Waals surface area contributed by atoms with Gasteiger partial charge in [-0.3, -0.25) is 4.68 Å². The highest BCUT2D eigenvalue weighted by molar-refractivity contribution is 5.40. The van der Waals surface area contributed by atoms with Gasteiger partial charge in [0.25, 0.3) is 0 Å². The molecule has 0 radical (unpaired) electrons. The lowest BCUT2D eigenvalue weighted by molar-refractivity contribution is 0.269. The maximum atomic E-state index is 8.77. The molecule has 5 heteroatoms. The van der Waals surface area contributed by atoms with Gasteiger partial charge in [-0.25, -0.2) is 0 Å². The lowest BCUT2D eigenvalue weighted by atomic mass is 10.2. The molecule has 0 saturated carbocycles. The van der Waals surface area contributed by atoms with Gasteiger partial charge >= 0.3 is 0 Å². The molecule has 86 valence electrons. The topological polar surface area (TPSA) is 63.2 Å². The van der Waals surface area contributed by atoms with E-state index < -0.39 is 0 Å². The molecule has 2 heterocycles. The fraction of sp³-hybridized carbons (Fsp3) is 0.364. The van der Waals surface area contributed by atoms with E-state index >= 15 is 0 Å². The van der Waals surface area contributed by atoms with Crippen LogP contribution in [-0.2, 0) is 6.54 Å². The van der Waals surface area contributed by atoms with Gasteiger partial charge in [-0.15, -0.1) is 0 Å². The second kappa shape index (κ2) is 4.85. The molecule has 2 aromatic heterocycles. The van der Waals surface area contributed by atoms with Gasteiger partial charge in [0.05, 0.1) is 43.6 Å². The van der Waals surface area contributed by atoms with Crippen LogP contribution in [0.25, 0.3) is 0 Å². The van der Waals surface area contributed by atoms with Gasteiger partial charge < -0.3 is 14.8 Å². The summed E-state index contributed by atoms with van der Waals surface area (Å²) in [6, 6.07) is 2.10. The summed E-state index contributed by atoms with van der Waals surface area (Å²) in [6.45, 7) is 2.66. The molecule has 0 fully saturated rings. The monoisotopic (exact) mass is 221 g/mol. The fourth-order valence-corrected chi connectivity index (χ4v) is 1.52. The van der Waals surface area contributed by atoms with Crippen LogP contribution in [0.4, 0.5) is 5.69 Å². The number of aliphatic hydroxyl groups excluding tert-OH is 1. The molecule has 16 heavy (non-hydrogen) atoms. The van der Waals surface area contributed by atoms with Crippen molar-refractivity contribution in [2.45, 2.75) is 19.5 Å². The van der Waals surface area contributed by atoms with Crippen LogP contribution in [0.1, 0.15) is 18.5 Å². The van der Waals surface area contributed by atoms with Gasteiger partial charge in [0.1, 0.15) is 0 Å². The number of furan rings is 1. The molecular weight excluding hydrogens is 206 g/mol. The van der Waals surface area contributed by atoms with Crippen molar-refractivity contribution in [2.75, 3.05) is 11.9 Å². The van der Waals surface area contributed by atoms with E-state index in [-0.39, 0.29) is 12.6 Å². The number of hydrogen-bond acceptors (Lipinski definition) is 4. The number of anilines is 1. The van der Waals surface area contributed by atoms with Crippen molar-refractivity contribution in [3.8, 4) is 0 Å². The van der Waals surface area contributed by atoms with Gasteiger partial charge in [0.15, 0.2) is 0 Å². The van der Waals surface area contributed by atoms with Crippen LogP contribution >= 0.6 is 0 Å². The van der Waals surface area contributed by atoms with Crippen molar-refractivity contribution in [2.24, 2.45) is 0 Å². The van der Waals surface area contributed by atoms with Crippen LogP contribution in [0.15, 0.2) is 35.4 Å². The second-order valence-corrected chi connectivity index (χ2v) is 3.64. The Kier molecular flexibility index (Phi) is 3.26. The molecule has 1 unspecified atom stereocenters. The van der Waals surface area contributed by atoms with Crippen LogP contribution in [0.3, 0.4) is 0 Å². The molecule has 0 spiro atoms. The standard InChI is InChI=1S/C11H15N3O2/c1-9(10-2-5-16-8-10)13-11-6-12-14(7-11)3-4-15/h2,5-9,13,15H,3-4H2,1H3. The normalized spacial score (nSPS) is 12.6. The summed E-state index contributed by atoms with van der Waals surface area (Å²) in [5, 5.41) is 16.2. The summed E-state index contributed by atoms with van der Waals surface area (Å²) in [5.74, 6) is 0. The average Bonchev–Trinajstić information content (AvgIpc) is 2.89. The highest BCUT2D eigenvalue weighted by Crippen LogP contribution is 2.18. The molecule has 0 aliphatic rings. The lowest BCUT2D eigenvalue weighted by Crippen LogP contribution is -2.05. The molecule has 2 aromatic rings. The molecule has 2 N–H and O–H groups in total. The van der Waals surface area contributed by atoms with E-state index in [0.29, 0.717) is 6.54 Å². The van der Waals surface area contributed by atoms with Gasteiger partial charge in [-0.05, 0) is 13.0 Å². The van der Waals surface area contributed by atoms with Crippen molar-refractivity contribution in [1.29, 1.82) is 0 Å². The van der Waals surface area contributed by atoms with Gasteiger partial charge in [-0.2, -0.15) is 5.10 Å². The lowest BCUT2D eigenvalue weighted by Gasteiger charge is -2.10. The maximum Gasteiger partial charge on any atom is 0.0955 e. The third-order valence-electron chi connectivity index (χ3n) is 2.39. The van der Waals surface area contributed by atoms with Crippen molar-refractivity contribution < 1.29 is 9.52 Å². The number of nitrogens with one attached hydrogen (secondary N) is 1. The molecule has 5 nitrogen and oxygen atoms in total. The number of aromatic nitrogens is 2. The predicted molar refractivity (Wildman–Crippen MR) is 60.1 cm³/mol. The average molecular weight is 221 g/mol. The third-order valence-corrected chi connectivity index (χ3v) is 2.39. The summed E-state index contributed by atoms with van der Waals surface area (Å²) >= 11 is 0. The first-order valence-electron chi connectivity index (χ1n) is 5.21. The number of nitrogens with zero attached hydrogens (tertiary/aromatic N) is 2. The summed E-state index contributed by atoms with van der Waals surface area (Å²) in [5.41, 5.74) is 2.03. The van der Waals surface area contributed by atoms with Crippen LogP contribution in [0.5, 0.6) is 0 Å². The summed E-state index contributed by atoms with van der Waals surface area (Å²) in [4.78, 5) is 0. The zero-order valence-corrected chi connectivity index (χ0v) is 9.13. The second-order valence-electron chi connectivity index (χ2n) is 3.64. The van der Waals surface area contributed by atoms with Crippen molar-refractivity contribution in [3.05, 3.63) is 36.5 Å². The predicted octanol–water partition coefficient (Wildman–Crippen LogP) is 1.64. The van der Waals surface area contributed by atoms with Crippen molar-refractivity contribution in [1.82, 2.24) is 9.78 Å². The third kappa shape index (κ3) is 2.43. The quantitative estimate of drug-likeness (QED) is 0.805. The zero-order valence-electron chi connectivity index (χ0n) is 9.13. The zero-order chi connectivity index (χ0) is 11.4. The molecule has 1 atom stereocenters. The maximum absolute atomic E-state index is 8.77. The highest BCUT2D eigenvalue weighted by Gasteiger charge is 2.07. The smallest absolute Gasteiger partial charge is 0.0955 e. The molecule has 0 amide bonds. The Morgan fingerprint density at radius 2 is 2.50 bits per heavy atom. The minimum Gasteiger partial charge on any atom is -0.472 e. The van der Waals surface area contributed by atoms with E-state index in [1.165, 1.54) is 0 Å². The van der Waals surface area contributed by atoms with E-state index in [4.69, 9.17) is 9.52 Å². The molecular formula is C11H15N3O2. The summed E-state index contributed by atoms with van der Waals surface area (Å²) < 4.78 is 6.72. The summed E-state index contributed by atoms with van der Waals surface area (Å²) in [7, 11) is 0. The Morgan fingerprint density at radius 1 is 1.62 bits per heavy atom. The number of hydrogen-bond donors (Lipinski definition) is 2. The first kappa shape index (κ1) is 10.8. The molecule has 0 saturated heterocycles. The van der Waals surface area contributed by atoms with Crippen LogP contribution in [0, 0.1) is 0 Å². The van der Waals surface area contributed by atoms with Crippen LogP contribution < -0.4 is 5.32 Å². The van der Waals surface area contributed by atoms with Gasteiger partial charge in [0.2, 0.25) is 0 Å². The number of rotatable bonds is 5. The van der Waals surface area contributed by atoms with Crippen LogP contribution in [0.2, 0.25) is 0 Å². The minimum absolute atomic E-state index is 0.0956. The van der Waals surface area contributed by atoms with E-state index in [0.717, 1.165) is 11.3 Å². The van der Waals surface area contributed by atoms with Crippen molar-refractivity contribution in [3.63, 3.8) is 0 Å². The molecule has 0 aromatic carbocycles. The van der Waals surface area contributed by atoms with E-state index in [2.05, 4.69) is 10.4 Å². The highest BCUT2D eigenvalue weighted by atomic mass is 16.3. The van der Waals surface area contributed by atoms with Crippen LogP contribution in [-0.4, -0.2) is 21.5 Å². The largest absolute Gasteiger partial charge is 0.472 e. The summed E-state index contributed by atoms with van der Waals surface area (Å²) in [6.07, 6.45) is 6.98. The Morgan fingerprint density at radius 3 is 3.19 bits per heavy atom. The van der Waals surface area contributed by atoms with Gasteiger partial charge in [0, 0.05) is 11.8 Å². The number of aliphatic hydroxyl groups is 1. The molecule has 2 rings (SSSR count). The first-order valence-corrected chi connectivity index (χ1v) is 5.21. The minimum atomic E-state index is 0.0956. The van der Waals surface area contributed by atoms with E-state index in [1.54, 1.807) is 23.4 Å².